The highest BCUT2D eigenvalue weighted by Crippen LogP contribution is 2.30. The van der Waals surface area contributed by atoms with Gasteiger partial charge < -0.3 is 9.88 Å². The predicted molar refractivity (Wildman–Crippen MR) is 108 cm³/mol. The minimum absolute atomic E-state index is 0.0892. The van der Waals surface area contributed by atoms with Crippen molar-refractivity contribution in [1.82, 2.24) is 9.55 Å². The summed E-state index contributed by atoms with van der Waals surface area (Å²) in [6, 6.07) is 17.9. The van der Waals surface area contributed by atoms with E-state index >= 15 is 0 Å². The molecule has 0 saturated heterocycles. The Morgan fingerprint density at radius 3 is 2.69 bits per heavy atom. The molecule has 0 aliphatic heterocycles. The van der Waals surface area contributed by atoms with Crippen molar-refractivity contribution in [2.24, 2.45) is 7.05 Å². The summed E-state index contributed by atoms with van der Waals surface area (Å²) >= 11 is 1.46. The Bertz CT molecular complexity index is 1120. The zero-order chi connectivity index (χ0) is 18.3. The minimum atomic E-state index is -0.0892. The second kappa shape index (κ2) is 6.42. The Kier molecular flexibility index (Phi) is 4.09. The number of thiophene rings is 1. The van der Waals surface area contributed by atoms with E-state index in [1.807, 2.05) is 75.5 Å². The smallest absolute Gasteiger partial charge is 0.265 e. The number of aryl methyl sites for hydroxylation is 3. The van der Waals surface area contributed by atoms with Crippen LogP contribution >= 0.6 is 11.3 Å². The summed E-state index contributed by atoms with van der Waals surface area (Å²) in [5.41, 5.74) is 5.07. The van der Waals surface area contributed by atoms with E-state index in [-0.39, 0.29) is 5.91 Å². The number of hydrogen-bond donors (Lipinski definition) is 1. The summed E-state index contributed by atoms with van der Waals surface area (Å²) in [5, 5.41) is 3.02. The van der Waals surface area contributed by atoms with E-state index < -0.39 is 0 Å². The molecule has 0 spiro atoms. The molecule has 4 nitrogen and oxygen atoms in total. The zero-order valence-corrected chi connectivity index (χ0v) is 15.7. The number of benzene rings is 2. The molecule has 2 aromatic carbocycles. The number of aromatic nitrogens is 2. The van der Waals surface area contributed by atoms with Crippen molar-refractivity contribution in [2.45, 2.75) is 13.8 Å². The number of carbonyl (C=O) groups excluding carboxylic acids is 1. The van der Waals surface area contributed by atoms with Gasteiger partial charge in [0.25, 0.3) is 5.91 Å². The van der Waals surface area contributed by atoms with Crippen molar-refractivity contribution >= 4 is 34.0 Å². The van der Waals surface area contributed by atoms with Gasteiger partial charge in [0.05, 0.1) is 20.8 Å². The first-order valence-corrected chi connectivity index (χ1v) is 9.25. The van der Waals surface area contributed by atoms with Gasteiger partial charge in [-0.3, -0.25) is 4.79 Å². The second-order valence-corrected chi connectivity index (χ2v) is 7.50. The van der Waals surface area contributed by atoms with Gasteiger partial charge >= 0.3 is 0 Å². The molecular formula is C21H19N3OS. The molecule has 4 rings (SSSR count). The van der Waals surface area contributed by atoms with Crippen LogP contribution in [0.4, 0.5) is 5.69 Å². The molecule has 1 N–H and O–H groups in total. The van der Waals surface area contributed by atoms with Crippen LogP contribution in [-0.2, 0) is 7.05 Å². The van der Waals surface area contributed by atoms with Gasteiger partial charge in [-0.25, -0.2) is 4.98 Å². The lowest BCUT2D eigenvalue weighted by atomic mass is 10.1. The van der Waals surface area contributed by atoms with E-state index in [2.05, 4.69) is 9.88 Å². The van der Waals surface area contributed by atoms with Crippen LogP contribution < -0.4 is 5.32 Å². The fourth-order valence-corrected chi connectivity index (χ4v) is 3.93. The quantitative estimate of drug-likeness (QED) is 0.547. The average Bonchev–Trinajstić information content (AvgIpc) is 3.24. The highest BCUT2D eigenvalue weighted by Gasteiger charge is 2.15. The lowest BCUT2D eigenvalue weighted by Gasteiger charge is -2.08. The van der Waals surface area contributed by atoms with Gasteiger partial charge in [-0.05, 0) is 55.3 Å². The Hall–Kier alpha value is -2.92. The molecule has 0 unspecified atom stereocenters. The van der Waals surface area contributed by atoms with E-state index in [4.69, 9.17) is 4.98 Å². The van der Waals surface area contributed by atoms with E-state index in [1.54, 1.807) is 0 Å². The Balaban J connectivity index is 1.64. The molecule has 5 heteroatoms. The minimum Gasteiger partial charge on any atom is -0.326 e. The van der Waals surface area contributed by atoms with Gasteiger partial charge in [-0.15, -0.1) is 11.3 Å². The average molecular weight is 361 g/mol. The molecule has 0 radical (unpaired) electrons. The molecular weight excluding hydrogens is 342 g/mol. The van der Waals surface area contributed by atoms with Crippen LogP contribution in [0.3, 0.4) is 0 Å². The number of para-hydroxylation sites is 2. The first-order valence-electron chi connectivity index (χ1n) is 8.43. The summed E-state index contributed by atoms with van der Waals surface area (Å²) < 4.78 is 2.06. The van der Waals surface area contributed by atoms with E-state index in [0.717, 1.165) is 38.5 Å². The van der Waals surface area contributed by atoms with Crippen molar-refractivity contribution < 1.29 is 4.79 Å². The summed E-state index contributed by atoms with van der Waals surface area (Å²) in [7, 11) is 2.00. The highest BCUT2D eigenvalue weighted by atomic mass is 32.1. The van der Waals surface area contributed by atoms with E-state index in [1.165, 1.54) is 11.3 Å². The van der Waals surface area contributed by atoms with E-state index in [9.17, 15) is 4.79 Å². The zero-order valence-electron chi connectivity index (χ0n) is 14.9. The first-order chi connectivity index (χ1) is 12.5. The van der Waals surface area contributed by atoms with Crippen molar-refractivity contribution in [3.8, 4) is 10.7 Å². The van der Waals surface area contributed by atoms with Crippen LogP contribution in [-0.4, -0.2) is 15.5 Å². The van der Waals surface area contributed by atoms with Crippen LogP contribution in [0.2, 0.25) is 0 Å². The molecule has 26 heavy (non-hydrogen) atoms. The number of imidazole rings is 1. The van der Waals surface area contributed by atoms with Crippen molar-refractivity contribution in [1.29, 1.82) is 0 Å². The van der Waals surface area contributed by atoms with Gasteiger partial charge in [-0.1, -0.05) is 24.3 Å². The summed E-state index contributed by atoms with van der Waals surface area (Å²) in [4.78, 5) is 19.0. The maximum atomic E-state index is 12.7. The van der Waals surface area contributed by atoms with Gasteiger partial charge in [0.1, 0.15) is 0 Å². The molecule has 1 amide bonds. The van der Waals surface area contributed by atoms with Crippen molar-refractivity contribution in [3.05, 3.63) is 70.6 Å². The maximum Gasteiger partial charge on any atom is 0.265 e. The van der Waals surface area contributed by atoms with Gasteiger partial charge in [0.2, 0.25) is 0 Å². The van der Waals surface area contributed by atoms with Gasteiger partial charge in [-0.2, -0.15) is 0 Å². The summed E-state index contributed by atoms with van der Waals surface area (Å²) in [6.45, 7) is 4.01. The molecule has 0 fully saturated rings. The number of carbonyl (C=O) groups is 1. The molecule has 0 saturated carbocycles. The third-order valence-corrected chi connectivity index (χ3v) is 5.56. The maximum absolute atomic E-state index is 12.7. The number of nitrogens with zero attached hydrogens (tertiary/aromatic N) is 2. The van der Waals surface area contributed by atoms with Crippen LogP contribution in [0.15, 0.2) is 54.6 Å². The first kappa shape index (κ1) is 16.5. The fraction of sp³-hybridized carbons (Fsp3) is 0.143. The number of fused-ring (bicyclic) bond motifs is 1. The fourth-order valence-electron chi connectivity index (χ4n) is 3.00. The van der Waals surface area contributed by atoms with Gasteiger partial charge in [0, 0.05) is 12.7 Å². The normalized spacial score (nSPS) is 11.0. The van der Waals surface area contributed by atoms with Crippen molar-refractivity contribution in [3.63, 3.8) is 0 Å². The predicted octanol–water partition coefficient (Wildman–Crippen LogP) is 5.17. The molecule has 130 valence electrons. The highest BCUT2D eigenvalue weighted by molar-refractivity contribution is 7.17. The van der Waals surface area contributed by atoms with Crippen LogP contribution in [0, 0.1) is 13.8 Å². The molecule has 0 aliphatic rings. The number of rotatable bonds is 3. The number of amides is 1. The third kappa shape index (κ3) is 2.91. The Morgan fingerprint density at radius 2 is 1.88 bits per heavy atom. The number of hydrogen-bond acceptors (Lipinski definition) is 3. The standard InChI is InChI=1S/C21H19N3OS/c1-13-8-9-14(2)16(12-13)23-21(25)19-11-10-18(26-19)20-22-15-6-4-5-7-17(15)24(20)3/h4-12H,1-3H3,(H,23,25). The summed E-state index contributed by atoms with van der Waals surface area (Å²) in [5.74, 6) is 0.788. The summed E-state index contributed by atoms with van der Waals surface area (Å²) in [6.07, 6.45) is 0. The topological polar surface area (TPSA) is 46.9 Å². The molecule has 2 heterocycles. The Labute approximate surface area is 156 Å². The van der Waals surface area contributed by atoms with Crippen LogP contribution in [0.25, 0.3) is 21.7 Å². The third-order valence-electron chi connectivity index (χ3n) is 4.48. The largest absolute Gasteiger partial charge is 0.326 e. The van der Waals surface area contributed by atoms with Crippen LogP contribution in [0.1, 0.15) is 20.8 Å². The lowest BCUT2D eigenvalue weighted by Crippen LogP contribution is -2.11. The number of anilines is 1. The molecule has 4 aromatic rings. The SMILES string of the molecule is Cc1ccc(C)c(NC(=O)c2ccc(-c3nc4ccccc4n3C)s2)c1. The number of nitrogens with one attached hydrogen (secondary N) is 1. The van der Waals surface area contributed by atoms with E-state index in [0.29, 0.717) is 4.88 Å². The van der Waals surface area contributed by atoms with Crippen molar-refractivity contribution in [2.75, 3.05) is 5.32 Å². The van der Waals surface area contributed by atoms with Gasteiger partial charge in [0.15, 0.2) is 5.82 Å². The molecule has 0 bridgehead atoms. The Morgan fingerprint density at radius 1 is 1.08 bits per heavy atom. The molecule has 2 aromatic heterocycles. The second-order valence-electron chi connectivity index (χ2n) is 6.42. The molecule has 0 aliphatic carbocycles. The monoisotopic (exact) mass is 361 g/mol. The van der Waals surface area contributed by atoms with Crippen LogP contribution in [0.5, 0.6) is 0 Å². The molecule has 0 atom stereocenters. The lowest BCUT2D eigenvalue weighted by molar-refractivity contribution is 0.103.